The maximum atomic E-state index is 11.9. The van der Waals surface area contributed by atoms with Gasteiger partial charge in [0.1, 0.15) is 6.61 Å². The minimum Gasteiger partial charge on any atom is -0.493 e. The summed E-state index contributed by atoms with van der Waals surface area (Å²) >= 11 is 0. The van der Waals surface area contributed by atoms with Gasteiger partial charge in [0.2, 0.25) is 5.91 Å². The number of aromatic nitrogens is 1. The van der Waals surface area contributed by atoms with Crippen molar-refractivity contribution in [3.63, 3.8) is 0 Å². The fourth-order valence-electron chi connectivity index (χ4n) is 2.09. The van der Waals surface area contributed by atoms with Crippen LogP contribution in [0.25, 0.3) is 0 Å². The number of anilines is 1. The van der Waals surface area contributed by atoms with E-state index in [1.807, 2.05) is 19.1 Å². The maximum Gasteiger partial charge on any atom is 0.224 e. The molecule has 0 radical (unpaired) electrons. The quantitative estimate of drug-likeness (QED) is 0.777. The van der Waals surface area contributed by atoms with E-state index in [9.17, 15) is 4.79 Å². The molecule has 2 aromatic rings. The Labute approximate surface area is 142 Å². The molecule has 128 valence electrons. The molecule has 6 heteroatoms. The van der Waals surface area contributed by atoms with Crippen molar-refractivity contribution in [2.45, 2.75) is 32.4 Å². The monoisotopic (exact) mass is 329 g/mol. The predicted molar refractivity (Wildman–Crippen MR) is 93.1 cm³/mol. The molecule has 1 aromatic carbocycles. The van der Waals surface area contributed by atoms with E-state index in [1.54, 1.807) is 37.7 Å². The number of carbonyl (C=O) groups is 1. The van der Waals surface area contributed by atoms with Crippen molar-refractivity contribution < 1.29 is 14.3 Å². The fourth-order valence-corrected chi connectivity index (χ4v) is 2.09. The Balaban J connectivity index is 2.02. The van der Waals surface area contributed by atoms with Crippen LogP contribution in [0.1, 0.15) is 25.3 Å². The lowest BCUT2D eigenvalue weighted by atomic mass is 10.2. The third-order valence-corrected chi connectivity index (χ3v) is 3.42. The zero-order valence-corrected chi connectivity index (χ0v) is 14.0. The Hall–Kier alpha value is -2.60. The first-order valence-corrected chi connectivity index (χ1v) is 7.83. The molecule has 0 spiro atoms. The van der Waals surface area contributed by atoms with Gasteiger partial charge in [0.05, 0.1) is 7.11 Å². The first-order chi connectivity index (χ1) is 11.6. The van der Waals surface area contributed by atoms with Gasteiger partial charge in [-0.15, -0.1) is 0 Å². The van der Waals surface area contributed by atoms with Crippen molar-refractivity contribution in [2.24, 2.45) is 5.73 Å². The number of hydrogen-bond donors (Lipinski definition) is 2. The van der Waals surface area contributed by atoms with Crippen LogP contribution < -0.4 is 20.5 Å². The van der Waals surface area contributed by atoms with Crippen LogP contribution in [-0.4, -0.2) is 24.0 Å². The number of hydrogen-bond acceptors (Lipinski definition) is 5. The molecular formula is C18H23N3O3. The summed E-state index contributed by atoms with van der Waals surface area (Å²) in [5.74, 6) is 1.11. The highest BCUT2D eigenvalue weighted by atomic mass is 16.5. The van der Waals surface area contributed by atoms with E-state index in [4.69, 9.17) is 15.2 Å². The number of methoxy groups -OCH3 is 1. The van der Waals surface area contributed by atoms with Gasteiger partial charge in [0.15, 0.2) is 11.5 Å². The van der Waals surface area contributed by atoms with E-state index in [-0.39, 0.29) is 11.9 Å². The summed E-state index contributed by atoms with van der Waals surface area (Å²) < 4.78 is 11.1. The molecule has 6 nitrogen and oxygen atoms in total. The van der Waals surface area contributed by atoms with Crippen LogP contribution in [0.4, 0.5) is 5.69 Å². The SMILES string of the molecule is COc1ccc(NC(=O)CCC(C)N)cc1OCc1ccncc1. The number of ether oxygens (including phenoxy) is 2. The normalized spacial score (nSPS) is 11.6. The number of nitrogens with two attached hydrogens (primary N) is 1. The molecule has 1 amide bonds. The van der Waals surface area contributed by atoms with E-state index in [0.717, 1.165) is 5.56 Å². The van der Waals surface area contributed by atoms with Gasteiger partial charge in [-0.25, -0.2) is 0 Å². The number of amides is 1. The molecule has 0 saturated heterocycles. The maximum absolute atomic E-state index is 11.9. The molecule has 1 heterocycles. The predicted octanol–water partition coefficient (Wildman–Crippen LogP) is 2.74. The first-order valence-electron chi connectivity index (χ1n) is 7.83. The molecule has 2 rings (SSSR count). The summed E-state index contributed by atoms with van der Waals surface area (Å²) in [5.41, 5.74) is 7.33. The molecule has 0 aliphatic heterocycles. The van der Waals surface area contributed by atoms with Crippen molar-refractivity contribution in [3.8, 4) is 11.5 Å². The lowest BCUT2D eigenvalue weighted by Crippen LogP contribution is -2.19. The van der Waals surface area contributed by atoms with Gasteiger partial charge >= 0.3 is 0 Å². The van der Waals surface area contributed by atoms with Gasteiger partial charge in [-0.1, -0.05) is 0 Å². The van der Waals surface area contributed by atoms with Gasteiger partial charge in [0.25, 0.3) is 0 Å². The van der Waals surface area contributed by atoms with Crippen molar-refractivity contribution in [3.05, 3.63) is 48.3 Å². The topological polar surface area (TPSA) is 86.5 Å². The molecule has 3 N–H and O–H groups in total. The van der Waals surface area contributed by atoms with E-state index in [0.29, 0.717) is 36.6 Å². The minimum atomic E-state index is -0.0717. The fraction of sp³-hybridized carbons (Fsp3) is 0.333. The van der Waals surface area contributed by atoms with Gasteiger partial charge in [0, 0.05) is 36.6 Å². The van der Waals surface area contributed by atoms with Crippen molar-refractivity contribution in [1.82, 2.24) is 4.98 Å². The molecule has 1 aromatic heterocycles. The summed E-state index contributed by atoms with van der Waals surface area (Å²) in [6.07, 6.45) is 4.46. The molecule has 1 unspecified atom stereocenters. The van der Waals surface area contributed by atoms with E-state index in [2.05, 4.69) is 10.3 Å². The number of pyridine rings is 1. The van der Waals surface area contributed by atoms with Gasteiger partial charge in [-0.2, -0.15) is 0 Å². The molecule has 24 heavy (non-hydrogen) atoms. The van der Waals surface area contributed by atoms with Crippen molar-refractivity contribution in [1.29, 1.82) is 0 Å². The number of nitrogens with one attached hydrogen (secondary N) is 1. The summed E-state index contributed by atoms with van der Waals surface area (Å²) in [5, 5.41) is 2.85. The Kier molecular flexibility index (Phi) is 6.57. The standard InChI is InChI=1S/C18H23N3O3/c1-13(19)3-6-18(22)21-15-4-5-16(23-2)17(11-15)24-12-14-7-9-20-10-8-14/h4-5,7-11,13H,3,6,12,19H2,1-2H3,(H,21,22). The smallest absolute Gasteiger partial charge is 0.224 e. The molecule has 1 atom stereocenters. The second-order valence-corrected chi connectivity index (χ2v) is 5.57. The Morgan fingerprint density at radius 1 is 1.25 bits per heavy atom. The third-order valence-electron chi connectivity index (χ3n) is 3.42. The highest BCUT2D eigenvalue weighted by Crippen LogP contribution is 2.31. The Bertz CT molecular complexity index is 660. The highest BCUT2D eigenvalue weighted by molar-refractivity contribution is 5.91. The number of nitrogens with zero attached hydrogens (tertiary/aromatic N) is 1. The zero-order valence-electron chi connectivity index (χ0n) is 14.0. The first kappa shape index (κ1) is 17.7. The average molecular weight is 329 g/mol. The lowest BCUT2D eigenvalue weighted by Gasteiger charge is -2.13. The zero-order chi connectivity index (χ0) is 17.4. The number of benzene rings is 1. The molecule has 0 aliphatic rings. The van der Waals surface area contributed by atoms with Crippen LogP contribution in [0.15, 0.2) is 42.7 Å². The highest BCUT2D eigenvalue weighted by Gasteiger charge is 2.09. The molecule has 0 bridgehead atoms. The summed E-state index contributed by atoms with van der Waals surface area (Å²) in [6.45, 7) is 2.27. The largest absolute Gasteiger partial charge is 0.493 e. The summed E-state index contributed by atoms with van der Waals surface area (Å²) in [7, 11) is 1.58. The van der Waals surface area contributed by atoms with Crippen molar-refractivity contribution >= 4 is 11.6 Å². The molecule has 0 saturated carbocycles. The number of carbonyl (C=O) groups excluding carboxylic acids is 1. The van der Waals surface area contributed by atoms with Crippen LogP contribution in [0, 0.1) is 0 Å². The average Bonchev–Trinajstić information content (AvgIpc) is 2.59. The Morgan fingerprint density at radius 2 is 2.00 bits per heavy atom. The van der Waals surface area contributed by atoms with Gasteiger partial charge in [-0.3, -0.25) is 9.78 Å². The van der Waals surface area contributed by atoms with Crippen molar-refractivity contribution in [2.75, 3.05) is 12.4 Å². The van der Waals surface area contributed by atoms with Crippen LogP contribution in [0.2, 0.25) is 0 Å². The van der Waals surface area contributed by atoms with Crippen LogP contribution in [0.3, 0.4) is 0 Å². The minimum absolute atomic E-state index is 0.00544. The summed E-state index contributed by atoms with van der Waals surface area (Å²) in [4.78, 5) is 15.9. The van der Waals surface area contributed by atoms with Crippen LogP contribution in [-0.2, 0) is 11.4 Å². The molecule has 0 fully saturated rings. The van der Waals surface area contributed by atoms with Gasteiger partial charge < -0.3 is 20.5 Å². The van der Waals surface area contributed by atoms with Crippen LogP contribution in [0.5, 0.6) is 11.5 Å². The molecular weight excluding hydrogens is 306 g/mol. The van der Waals surface area contributed by atoms with E-state index in [1.165, 1.54) is 0 Å². The summed E-state index contributed by atoms with van der Waals surface area (Å²) in [6, 6.07) is 9.07. The Morgan fingerprint density at radius 3 is 2.67 bits per heavy atom. The van der Waals surface area contributed by atoms with E-state index < -0.39 is 0 Å². The second-order valence-electron chi connectivity index (χ2n) is 5.57. The number of rotatable bonds is 8. The van der Waals surface area contributed by atoms with Gasteiger partial charge in [-0.05, 0) is 43.2 Å². The third kappa shape index (κ3) is 5.55. The molecule has 0 aliphatic carbocycles. The lowest BCUT2D eigenvalue weighted by molar-refractivity contribution is -0.116. The van der Waals surface area contributed by atoms with Crippen LogP contribution >= 0.6 is 0 Å². The van der Waals surface area contributed by atoms with E-state index >= 15 is 0 Å². The second kappa shape index (κ2) is 8.88.